The second kappa shape index (κ2) is 8.61. The summed E-state index contributed by atoms with van der Waals surface area (Å²) in [6.07, 6.45) is 0.0768. The molecule has 0 fully saturated rings. The maximum Gasteiger partial charge on any atom is 0.317 e. The van der Waals surface area contributed by atoms with Gasteiger partial charge in [-0.05, 0) is 49.9 Å². The molecule has 1 amide bonds. The number of ether oxygens (including phenoxy) is 1. The van der Waals surface area contributed by atoms with Crippen molar-refractivity contribution in [2.45, 2.75) is 44.7 Å². The largest absolute Gasteiger partial charge is 0.452 e. The number of thioether (sulfide) groups is 1. The lowest BCUT2D eigenvalue weighted by Crippen LogP contribution is -2.42. The summed E-state index contributed by atoms with van der Waals surface area (Å²) in [7, 11) is 0. The number of hydrogen-bond acceptors (Lipinski definition) is 4. The average Bonchev–Trinajstić information content (AvgIpc) is 2.66. The van der Waals surface area contributed by atoms with Gasteiger partial charge in [-0.1, -0.05) is 42.0 Å². The molecule has 0 aliphatic carbocycles. The molecule has 27 heavy (non-hydrogen) atoms. The van der Waals surface area contributed by atoms with Gasteiger partial charge in [0, 0.05) is 18.0 Å². The first kappa shape index (κ1) is 19.5. The lowest BCUT2D eigenvalue weighted by atomic mass is 9.99. The van der Waals surface area contributed by atoms with Crippen molar-refractivity contribution in [3.05, 3.63) is 64.7 Å². The smallest absolute Gasteiger partial charge is 0.317 e. The van der Waals surface area contributed by atoms with Crippen LogP contribution in [0.3, 0.4) is 0 Å². The minimum Gasteiger partial charge on any atom is -0.452 e. The number of carbonyl (C=O) groups is 2. The Morgan fingerprint density at radius 3 is 2.63 bits per heavy atom. The van der Waals surface area contributed by atoms with Crippen molar-refractivity contribution in [2.75, 3.05) is 12.3 Å². The third kappa shape index (κ3) is 4.92. The highest BCUT2D eigenvalue weighted by Gasteiger charge is 2.26. The first-order valence-corrected chi connectivity index (χ1v) is 10.2. The van der Waals surface area contributed by atoms with Crippen LogP contribution in [-0.2, 0) is 27.3 Å². The number of amides is 1. The fourth-order valence-electron chi connectivity index (χ4n) is 3.32. The fraction of sp³-hybridized carbons (Fsp3) is 0.364. The Bertz CT molecular complexity index is 849. The number of esters is 1. The molecule has 0 aromatic heterocycles. The van der Waals surface area contributed by atoms with Crippen LogP contribution in [0.25, 0.3) is 0 Å². The van der Waals surface area contributed by atoms with Gasteiger partial charge >= 0.3 is 5.97 Å². The van der Waals surface area contributed by atoms with Gasteiger partial charge in [-0.2, -0.15) is 0 Å². The number of nitrogens with zero attached hydrogens (tertiary/aromatic N) is 1. The zero-order valence-corrected chi connectivity index (χ0v) is 16.8. The van der Waals surface area contributed by atoms with Crippen molar-refractivity contribution < 1.29 is 14.3 Å². The summed E-state index contributed by atoms with van der Waals surface area (Å²) in [4.78, 5) is 27.7. The van der Waals surface area contributed by atoms with Crippen LogP contribution < -0.4 is 0 Å². The molecule has 0 unspecified atom stereocenters. The predicted molar refractivity (Wildman–Crippen MR) is 108 cm³/mol. The van der Waals surface area contributed by atoms with E-state index in [0.717, 1.165) is 16.9 Å². The van der Waals surface area contributed by atoms with Gasteiger partial charge in [-0.15, -0.1) is 11.8 Å². The SMILES string of the molecule is Cc1ccc(SCC(=O)O[C@@H](C)C(=O)N2CCc3ccccc3C2)c(C)c1. The van der Waals surface area contributed by atoms with Gasteiger partial charge in [-0.3, -0.25) is 9.59 Å². The van der Waals surface area contributed by atoms with Crippen LogP contribution in [-0.4, -0.2) is 35.2 Å². The van der Waals surface area contributed by atoms with E-state index >= 15 is 0 Å². The first-order valence-electron chi connectivity index (χ1n) is 9.19. The van der Waals surface area contributed by atoms with Crippen molar-refractivity contribution in [3.63, 3.8) is 0 Å². The Morgan fingerprint density at radius 1 is 1.15 bits per heavy atom. The lowest BCUT2D eigenvalue weighted by Gasteiger charge is -2.30. The van der Waals surface area contributed by atoms with E-state index in [-0.39, 0.29) is 17.6 Å². The van der Waals surface area contributed by atoms with E-state index in [4.69, 9.17) is 4.74 Å². The van der Waals surface area contributed by atoms with E-state index in [1.54, 1.807) is 11.8 Å². The van der Waals surface area contributed by atoms with Gasteiger partial charge in [0.05, 0.1) is 5.75 Å². The van der Waals surface area contributed by atoms with Crippen molar-refractivity contribution >= 4 is 23.6 Å². The third-order valence-electron chi connectivity index (χ3n) is 4.77. The number of rotatable bonds is 5. The highest BCUT2D eigenvalue weighted by atomic mass is 32.2. The Hall–Kier alpha value is -2.27. The van der Waals surface area contributed by atoms with Crippen LogP contribution in [0.5, 0.6) is 0 Å². The monoisotopic (exact) mass is 383 g/mol. The molecule has 1 aliphatic heterocycles. The van der Waals surface area contributed by atoms with Crippen molar-refractivity contribution in [1.29, 1.82) is 0 Å². The highest BCUT2D eigenvalue weighted by molar-refractivity contribution is 8.00. The number of aryl methyl sites for hydroxylation is 2. The van der Waals surface area contributed by atoms with Gasteiger partial charge in [0.15, 0.2) is 6.10 Å². The Morgan fingerprint density at radius 2 is 1.89 bits per heavy atom. The van der Waals surface area contributed by atoms with Crippen LogP contribution in [0, 0.1) is 13.8 Å². The molecule has 0 saturated carbocycles. The summed E-state index contributed by atoms with van der Waals surface area (Å²) < 4.78 is 5.39. The van der Waals surface area contributed by atoms with E-state index in [1.807, 2.05) is 44.2 Å². The van der Waals surface area contributed by atoms with Crippen LogP contribution in [0.2, 0.25) is 0 Å². The Labute approximate surface area is 164 Å². The molecule has 5 heteroatoms. The molecule has 0 saturated heterocycles. The average molecular weight is 384 g/mol. The molecule has 4 nitrogen and oxygen atoms in total. The van der Waals surface area contributed by atoms with Gasteiger partial charge < -0.3 is 9.64 Å². The first-order chi connectivity index (χ1) is 12.9. The van der Waals surface area contributed by atoms with Gasteiger partial charge in [0.1, 0.15) is 0 Å². The van der Waals surface area contributed by atoms with Gasteiger partial charge in [0.25, 0.3) is 5.91 Å². The lowest BCUT2D eigenvalue weighted by molar-refractivity contribution is -0.157. The van der Waals surface area contributed by atoms with Crippen molar-refractivity contribution in [3.8, 4) is 0 Å². The maximum atomic E-state index is 12.7. The molecule has 0 bridgehead atoms. The van der Waals surface area contributed by atoms with E-state index in [1.165, 1.54) is 28.5 Å². The third-order valence-corrected chi connectivity index (χ3v) is 5.92. The second-order valence-corrected chi connectivity index (χ2v) is 7.99. The molecule has 142 valence electrons. The quantitative estimate of drug-likeness (QED) is 0.580. The topological polar surface area (TPSA) is 46.6 Å². The van der Waals surface area contributed by atoms with E-state index in [9.17, 15) is 9.59 Å². The van der Waals surface area contributed by atoms with Crippen LogP contribution in [0.1, 0.15) is 29.2 Å². The summed E-state index contributed by atoms with van der Waals surface area (Å²) >= 11 is 1.44. The standard InChI is InChI=1S/C22H25NO3S/c1-15-8-9-20(16(2)12-15)27-14-21(24)26-17(3)22(25)23-11-10-18-6-4-5-7-19(18)13-23/h4-9,12,17H,10-11,13-14H2,1-3H3/t17-/m0/s1. The van der Waals surface area contributed by atoms with Crippen LogP contribution >= 0.6 is 11.8 Å². The minimum absolute atomic E-state index is 0.130. The molecule has 3 rings (SSSR count). The number of benzene rings is 2. The molecule has 2 aromatic carbocycles. The van der Waals surface area contributed by atoms with Crippen LogP contribution in [0.4, 0.5) is 0 Å². The van der Waals surface area contributed by atoms with Crippen LogP contribution in [0.15, 0.2) is 47.4 Å². The molecule has 1 atom stereocenters. The molecular formula is C22H25NO3S. The number of carbonyl (C=O) groups excluding carboxylic acids is 2. The minimum atomic E-state index is -0.762. The zero-order chi connectivity index (χ0) is 19.4. The normalized spacial score (nSPS) is 14.4. The second-order valence-electron chi connectivity index (χ2n) is 6.97. The summed E-state index contributed by atoms with van der Waals surface area (Å²) in [5.41, 5.74) is 4.79. The molecule has 0 N–H and O–H groups in total. The van der Waals surface area contributed by atoms with Gasteiger partial charge in [-0.25, -0.2) is 0 Å². The molecule has 1 heterocycles. The van der Waals surface area contributed by atoms with Crippen molar-refractivity contribution in [2.24, 2.45) is 0 Å². The Kier molecular flexibility index (Phi) is 6.22. The predicted octanol–water partition coefficient (Wildman–Crippen LogP) is 3.91. The summed E-state index contributed by atoms with van der Waals surface area (Å²) in [6.45, 7) is 6.97. The highest BCUT2D eigenvalue weighted by Crippen LogP contribution is 2.24. The number of hydrogen-bond donors (Lipinski definition) is 0. The molecule has 1 aliphatic rings. The summed E-state index contributed by atoms with van der Waals surface area (Å²) in [5.74, 6) is -0.294. The van der Waals surface area contributed by atoms with E-state index < -0.39 is 6.10 Å². The van der Waals surface area contributed by atoms with Crippen molar-refractivity contribution in [1.82, 2.24) is 4.90 Å². The van der Waals surface area contributed by atoms with E-state index in [2.05, 4.69) is 12.1 Å². The maximum absolute atomic E-state index is 12.7. The molecule has 0 radical (unpaired) electrons. The fourth-order valence-corrected chi connectivity index (χ4v) is 4.11. The molecule has 2 aromatic rings. The summed E-state index contributed by atoms with van der Waals surface area (Å²) in [5, 5.41) is 0. The Balaban J connectivity index is 1.51. The molecular weight excluding hydrogens is 358 g/mol. The zero-order valence-electron chi connectivity index (χ0n) is 16.0. The van der Waals surface area contributed by atoms with E-state index in [0.29, 0.717) is 13.1 Å². The summed E-state index contributed by atoms with van der Waals surface area (Å²) in [6, 6.07) is 14.3. The van der Waals surface area contributed by atoms with Gasteiger partial charge in [0.2, 0.25) is 0 Å². The molecule has 0 spiro atoms. The number of fused-ring (bicyclic) bond motifs is 1.